The van der Waals surface area contributed by atoms with E-state index < -0.39 is 0 Å². The number of hydrogen-bond acceptors (Lipinski definition) is 2. The molecule has 1 aromatic rings. The molecule has 0 amide bonds. The predicted octanol–water partition coefficient (Wildman–Crippen LogP) is 3.01. The third-order valence-electron chi connectivity index (χ3n) is 3.55. The molecule has 0 aromatic heterocycles. The minimum absolute atomic E-state index is 0.200. The highest BCUT2D eigenvalue weighted by Gasteiger charge is 2.19. The van der Waals surface area contributed by atoms with Crippen molar-refractivity contribution in [2.45, 2.75) is 26.4 Å². The van der Waals surface area contributed by atoms with Crippen LogP contribution in [-0.4, -0.2) is 42.0 Å². The maximum Gasteiger partial charge on any atom is 0.129 e. The molecule has 4 heteroatoms. The molecule has 2 rings (SSSR count). The van der Waals surface area contributed by atoms with Crippen LogP contribution in [0.3, 0.4) is 0 Å². The molecule has 1 saturated heterocycles. The number of piperazine rings is 1. The van der Waals surface area contributed by atoms with Crippen LogP contribution < -0.4 is 0 Å². The average molecular weight is 271 g/mol. The Hall–Kier alpha value is -0.640. The van der Waals surface area contributed by atoms with Crippen LogP contribution in [0.2, 0.25) is 5.02 Å². The van der Waals surface area contributed by atoms with E-state index in [9.17, 15) is 4.39 Å². The van der Waals surface area contributed by atoms with E-state index in [4.69, 9.17) is 11.6 Å². The van der Waals surface area contributed by atoms with Crippen molar-refractivity contribution in [3.63, 3.8) is 0 Å². The van der Waals surface area contributed by atoms with Gasteiger partial charge in [-0.15, -0.1) is 0 Å². The van der Waals surface area contributed by atoms with Gasteiger partial charge in [0.05, 0.1) is 0 Å². The molecule has 1 aromatic carbocycles. The van der Waals surface area contributed by atoms with Gasteiger partial charge in [0, 0.05) is 49.4 Å². The normalized spacial score (nSPS) is 18.5. The first-order valence-corrected chi connectivity index (χ1v) is 6.84. The zero-order valence-electron chi connectivity index (χ0n) is 11.0. The SMILES string of the molecule is CC(C)N1CCN(Cc2ccc(Cl)cc2F)CC1. The first-order chi connectivity index (χ1) is 8.56. The molecule has 18 heavy (non-hydrogen) atoms. The van der Waals surface area contributed by atoms with E-state index in [0.717, 1.165) is 31.7 Å². The molecule has 0 aliphatic carbocycles. The zero-order valence-corrected chi connectivity index (χ0v) is 11.8. The fourth-order valence-electron chi connectivity index (χ4n) is 2.33. The Morgan fingerprint density at radius 3 is 2.44 bits per heavy atom. The largest absolute Gasteiger partial charge is 0.298 e. The van der Waals surface area contributed by atoms with Crippen LogP contribution in [-0.2, 0) is 6.54 Å². The summed E-state index contributed by atoms with van der Waals surface area (Å²) in [6.45, 7) is 9.23. The van der Waals surface area contributed by atoms with Gasteiger partial charge in [-0.25, -0.2) is 4.39 Å². The van der Waals surface area contributed by atoms with E-state index in [1.807, 2.05) is 0 Å². The summed E-state index contributed by atoms with van der Waals surface area (Å²) >= 11 is 5.75. The Kier molecular flexibility index (Phi) is 4.60. The molecule has 2 nitrogen and oxygen atoms in total. The molecule has 1 aliphatic rings. The van der Waals surface area contributed by atoms with Crippen molar-refractivity contribution in [2.24, 2.45) is 0 Å². The van der Waals surface area contributed by atoms with Crippen LogP contribution in [0, 0.1) is 5.82 Å². The van der Waals surface area contributed by atoms with E-state index in [0.29, 0.717) is 17.6 Å². The third-order valence-corrected chi connectivity index (χ3v) is 3.78. The molecule has 0 N–H and O–H groups in total. The minimum Gasteiger partial charge on any atom is -0.298 e. The molecule has 0 atom stereocenters. The number of benzene rings is 1. The molecule has 0 saturated carbocycles. The quantitative estimate of drug-likeness (QED) is 0.833. The topological polar surface area (TPSA) is 6.48 Å². The molecule has 1 aliphatic heterocycles. The lowest BCUT2D eigenvalue weighted by Gasteiger charge is -2.36. The second-order valence-electron chi connectivity index (χ2n) is 5.14. The molecular weight excluding hydrogens is 251 g/mol. The highest BCUT2D eigenvalue weighted by Crippen LogP contribution is 2.17. The summed E-state index contributed by atoms with van der Waals surface area (Å²) in [5.74, 6) is -0.200. The molecule has 0 spiro atoms. The highest BCUT2D eigenvalue weighted by molar-refractivity contribution is 6.30. The Morgan fingerprint density at radius 1 is 1.22 bits per heavy atom. The molecule has 1 fully saturated rings. The lowest BCUT2D eigenvalue weighted by atomic mass is 10.1. The Morgan fingerprint density at radius 2 is 1.89 bits per heavy atom. The maximum atomic E-state index is 13.7. The summed E-state index contributed by atoms with van der Waals surface area (Å²) in [5.41, 5.74) is 0.734. The standard InChI is InChI=1S/C14H20ClFN2/c1-11(2)18-7-5-17(6-8-18)10-12-3-4-13(15)9-14(12)16/h3-4,9,11H,5-8,10H2,1-2H3. The van der Waals surface area contributed by atoms with Crippen LogP contribution >= 0.6 is 11.6 Å². The first-order valence-electron chi connectivity index (χ1n) is 6.46. The third kappa shape index (κ3) is 3.44. The van der Waals surface area contributed by atoms with Crippen LogP contribution in [0.5, 0.6) is 0 Å². The van der Waals surface area contributed by atoms with Crippen molar-refractivity contribution in [1.82, 2.24) is 9.80 Å². The van der Waals surface area contributed by atoms with E-state index in [1.54, 1.807) is 12.1 Å². The number of rotatable bonds is 3. The van der Waals surface area contributed by atoms with Gasteiger partial charge in [-0.2, -0.15) is 0 Å². The Labute approximate surface area is 113 Å². The summed E-state index contributed by atoms with van der Waals surface area (Å²) in [7, 11) is 0. The van der Waals surface area contributed by atoms with Gasteiger partial charge in [0.15, 0.2) is 0 Å². The van der Waals surface area contributed by atoms with Crippen LogP contribution in [0.1, 0.15) is 19.4 Å². The van der Waals surface area contributed by atoms with Crippen molar-refractivity contribution in [3.05, 3.63) is 34.6 Å². The van der Waals surface area contributed by atoms with Gasteiger partial charge < -0.3 is 0 Å². The van der Waals surface area contributed by atoms with Crippen molar-refractivity contribution in [1.29, 1.82) is 0 Å². The van der Waals surface area contributed by atoms with Gasteiger partial charge >= 0.3 is 0 Å². The van der Waals surface area contributed by atoms with Gasteiger partial charge in [0.25, 0.3) is 0 Å². The Balaban J connectivity index is 1.91. The fraction of sp³-hybridized carbons (Fsp3) is 0.571. The molecule has 100 valence electrons. The van der Waals surface area contributed by atoms with Gasteiger partial charge in [-0.1, -0.05) is 17.7 Å². The van der Waals surface area contributed by atoms with Crippen LogP contribution in [0.4, 0.5) is 4.39 Å². The van der Waals surface area contributed by atoms with Crippen LogP contribution in [0.25, 0.3) is 0 Å². The monoisotopic (exact) mass is 270 g/mol. The smallest absolute Gasteiger partial charge is 0.129 e. The lowest BCUT2D eigenvalue weighted by molar-refractivity contribution is 0.103. The Bertz CT molecular complexity index is 401. The van der Waals surface area contributed by atoms with E-state index in [1.165, 1.54) is 6.07 Å². The van der Waals surface area contributed by atoms with Crippen molar-refractivity contribution >= 4 is 11.6 Å². The number of halogens is 2. The minimum atomic E-state index is -0.200. The average Bonchev–Trinajstić information content (AvgIpc) is 2.33. The summed E-state index contributed by atoms with van der Waals surface area (Å²) in [6, 6.07) is 5.53. The molecule has 0 radical (unpaired) electrons. The number of nitrogens with zero attached hydrogens (tertiary/aromatic N) is 2. The lowest BCUT2D eigenvalue weighted by Crippen LogP contribution is -2.48. The predicted molar refractivity (Wildman–Crippen MR) is 73.4 cm³/mol. The van der Waals surface area contributed by atoms with Gasteiger partial charge in [-0.3, -0.25) is 9.80 Å². The van der Waals surface area contributed by atoms with E-state index >= 15 is 0 Å². The molecule has 0 unspecified atom stereocenters. The first kappa shape index (κ1) is 13.8. The maximum absolute atomic E-state index is 13.7. The van der Waals surface area contributed by atoms with Gasteiger partial charge in [-0.05, 0) is 26.0 Å². The van der Waals surface area contributed by atoms with Crippen molar-refractivity contribution in [2.75, 3.05) is 26.2 Å². The zero-order chi connectivity index (χ0) is 13.1. The van der Waals surface area contributed by atoms with Crippen molar-refractivity contribution in [3.8, 4) is 0 Å². The molecular formula is C14H20ClFN2. The van der Waals surface area contributed by atoms with Crippen LogP contribution in [0.15, 0.2) is 18.2 Å². The van der Waals surface area contributed by atoms with Gasteiger partial charge in [0.2, 0.25) is 0 Å². The second-order valence-corrected chi connectivity index (χ2v) is 5.58. The highest BCUT2D eigenvalue weighted by atomic mass is 35.5. The molecule has 1 heterocycles. The van der Waals surface area contributed by atoms with E-state index in [2.05, 4.69) is 23.6 Å². The summed E-state index contributed by atoms with van der Waals surface area (Å²) in [5, 5.41) is 0.459. The second kappa shape index (κ2) is 6.00. The summed E-state index contributed by atoms with van der Waals surface area (Å²) in [4.78, 5) is 4.75. The van der Waals surface area contributed by atoms with Gasteiger partial charge in [0.1, 0.15) is 5.82 Å². The number of hydrogen-bond donors (Lipinski definition) is 0. The summed E-state index contributed by atoms with van der Waals surface area (Å²) < 4.78 is 13.7. The molecule has 0 bridgehead atoms. The van der Waals surface area contributed by atoms with Crippen molar-refractivity contribution < 1.29 is 4.39 Å². The van der Waals surface area contributed by atoms with E-state index in [-0.39, 0.29) is 5.82 Å². The fourth-order valence-corrected chi connectivity index (χ4v) is 2.49. The summed E-state index contributed by atoms with van der Waals surface area (Å²) in [6.07, 6.45) is 0.